The van der Waals surface area contributed by atoms with Gasteiger partial charge in [-0.2, -0.15) is 0 Å². The van der Waals surface area contributed by atoms with Crippen LogP contribution in [0.1, 0.15) is 71.4 Å². The number of hydrogen-bond acceptors (Lipinski definition) is 10. The Hall–Kier alpha value is -6.99. The molecule has 5 amide bonds. The van der Waals surface area contributed by atoms with Gasteiger partial charge in [0.05, 0.1) is 24.0 Å². The second-order valence-corrected chi connectivity index (χ2v) is 16.6. The van der Waals surface area contributed by atoms with Crippen molar-refractivity contribution in [1.82, 2.24) is 31.5 Å². The first-order valence-corrected chi connectivity index (χ1v) is 22.1. The number of carboxylic acid groups (broad SMARTS) is 2. The maximum absolute atomic E-state index is 14.5. The fraction of sp³-hybridized carbons (Fsp3) is 0.438. The van der Waals surface area contributed by atoms with Crippen LogP contribution in [0, 0.1) is 23.2 Å². The van der Waals surface area contributed by atoms with Gasteiger partial charge < -0.3 is 51.5 Å². The normalized spacial score (nSPS) is 25.7. The van der Waals surface area contributed by atoms with Crippen LogP contribution in [0.15, 0.2) is 101 Å². The number of methoxy groups -OCH3 is 1. The average Bonchev–Trinajstić information content (AvgIpc) is 3.59. The first-order valence-electron chi connectivity index (χ1n) is 22.1. The number of carboxylic acids is 2. The maximum atomic E-state index is 14.5. The number of hydrogen-bond donors (Lipinski definition) is 9. The number of ether oxygens (including phenoxy) is 1. The molecule has 0 bridgehead atoms. The smallest absolute Gasteiger partial charge is 0.327 e. The molecule has 19 nitrogen and oxygen atoms in total. The van der Waals surface area contributed by atoms with E-state index in [0.29, 0.717) is 12.0 Å². The van der Waals surface area contributed by atoms with Crippen molar-refractivity contribution in [3.05, 3.63) is 107 Å². The summed E-state index contributed by atoms with van der Waals surface area (Å²) in [5.41, 5.74) is 2.29. The van der Waals surface area contributed by atoms with Crippen LogP contribution in [-0.2, 0) is 44.7 Å². The molecule has 67 heavy (non-hydrogen) atoms. The van der Waals surface area contributed by atoms with Crippen LogP contribution in [0.3, 0.4) is 0 Å². The predicted octanol–water partition coefficient (Wildman–Crippen LogP) is 2.42. The van der Waals surface area contributed by atoms with Crippen molar-refractivity contribution in [3.63, 3.8) is 0 Å². The lowest BCUT2D eigenvalue weighted by atomic mass is 9.94. The lowest BCUT2D eigenvalue weighted by molar-refractivity contribution is -0.146. The van der Waals surface area contributed by atoms with Crippen LogP contribution in [-0.4, -0.2) is 124 Å². The van der Waals surface area contributed by atoms with Gasteiger partial charge in [-0.25, -0.2) is 14.6 Å². The highest BCUT2D eigenvalue weighted by Gasteiger charge is 2.37. The maximum Gasteiger partial charge on any atom is 0.327 e. The fourth-order valence-electron chi connectivity index (χ4n) is 7.60. The molecule has 1 fully saturated rings. The van der Waals surface area contributed by atoms with Crippen LogP contribution in [0.25, 0.3) is 0 Å². The molecule has 2 aromatic carbocycles. The Morgan fingerprint density at radius 1 is 0.910 bits per heavy atom. The molecule has 19 heteroatoms. The Morgan fingerprint density at radius 2 is 1.55 bits per heavy atom. The molecule has 0 radical (unpaired) electrons. The van der Waals surface area contributed by atoms with Gasteiger partial charge in [-0.1, -0.05) is 111 Å². The first-order chi connectivity index (χ1) is 31.8. The van der Waals surface area contributed by atoms with Crippen LogP contribution in [0.5, 0.6) is 0 Å². The highest BCUT2D eigenvalue weighted by Crippen LogP contribution is 2.20. The molecule has 9 N–H and O–H groups in total. The SMILES string of the molecule is C/C=C1/NC(=O)CCC(C(=O)O)NC(=O)[C@@H](C)[C@H](/C=C/C(C)=C/[C@H](C)[C@H](Cc2ccccc2)OC)NC(=O)[C@H](CCCN2C(=N)N=C(c3ccccc3)C2O)NC(=O)[C@@H](C)C(C(=O)O)NC1=O. The van der Waals surface area contributed by atoms with Crippen molar-refractivity contribution < 1.29 is 53.6 Å². The summed E-state index contributed by atoms with van der Waals surface area (Å²) in [6, 6.07) is 12.6. The second-order valence-electron chi connectivity index (χ2n) is 16.6. The number of aliphatic hydroxyl groups excluding tert-OH is 1. The Morgan fingerprint density at radius 3 is 2.16 bits per heavy atom. The molecule has 2 aliphatic heterocycles. The van der Waals surface area contributed by atoms with Gasteiger partial charge >= 0.3 is 11.9 Å². The number of carbonyl (C=O) groups is 7. The summed E-state index contributed by atoms with van der Waals surface area (Å²) in [7, 11) is 1.62. The van der Waals surface area contributed by atoms with Crippen molar-refractivity contribution in [2.24, 2.45) is 22.7 Å². The van der Waals surface area contributed by atoms with E-state index >= 15 is 0 Å². The molecular formula is C48H62N8O11. The van der Waals surface area contributed by atoms with Crippen molar-refractivity contribution in [2.45, 2.75) is 103 Å². The summed E-state index contributed by atoms with van der Waals surface area (Å²) in [4.78, 5) is 98.9. The van der Waals surface area contributed by atoms with Gasteiger partial charge in [0.25, 0.3) is 5.91 Å². The monoisotopic (exact) mass is 926 g/mol. The number of nitrogens with one attached hydrogen (secondary N) is 6. The summed E-state index contributed by atoms with van der Waals surface area (Å²) < 4.78 is 5.82. The molecule has 2 aromatic rings. The number of aliphatic carboxylic acids is 2. The molecule has 360 valence electrons. The van der Waals surface area contributed by atoms with Crippen molar-refractivity contribution in [1.29, 1.82) is 5.41 Å². The fourth-order valence-corrected chi connectivity index (χ4v) is 7.60. The van der Waals surface area contributed by atoms with E-state index < -0.39 is 96.5 Å². The van der Waals surface area contributed by atoms with Gasteiger partial charge in [0.2, 0.25) is 29.6 Å². The van der Waals surface area contributed by atoms with Gasteiger partial charge in [-0.15, -0.1) is 0 Å². The zero-order valence-electron chi connectivity index (χ0n) is 38.5. The van der Waals surface area contributed by atoms with E-state index in [2.05, 4.69) is 31.6 Å². The Labute approximate surface area is 389 Å². The number of benzene rings is 2. The topological polar surface area (TPSA) is 289 Å². The van der Waals surface area contributed by atoms with Gasteiger partial charge in [-0.05, 0) is 45.1 Å². The Kier molecular flexibility index (Phi) is 19.7. The number of aliphatic imine (C=N–C) groups is 1. The Balaban J connectivity index is 1.70. The molecule has 0 saturated carbocycles. The standard InChI is InChI=1S/C48H62N8O11/c1-7-33-43(60)54-39(47(65)66)30(5)42(59)52-35(19-14-24-56-45(62)40(55-48(56)49)32-17-12-9-13-18-32)44(61)51-34(29(4)41(58)53-36(46(63)64)22-23-38(57)50-33)21-20-27(2)25-28(3)37(67-6)26-31-15-10-8-11-16-31/h7-13,15-18,20-21,25,28-30,34-37,39,45,49,62H,14,19,22-24,26H2,1-6H3,(H,50,57)(H,51,61)(H,52,59)(H,53,58)(H,54,60)(H,63,64)(H,65,66)/b21-20+,27-25+,33-7+,49-48?/t28-,29-,30-,34-,35-,36?,37-,39?,45?/m0/s1. The van der Waals surface area contributed by atoms with E-state index in [0.717, 1.165) is 11.1 Å². The molecule has 0 spiro atoms. The highest BCUT2D eigenvalue weighted by atomic mass is 16.5. The van der Waals surface area contributed by atoms with Gasteiger partial charge in [0, 0.05) is 31.6 Å². The largest absolute Gasteiger partial charge is 0.480 e. The van der Waals surface area contributed by atoms with Crippen LogP contribution in [0.2, 0.25) is 0 Å². The number of aliphatic hydroxyl groups is 1. The number of carbonyl (C=O) groups excluding carboxylic acids is 5. The van der Waals surface area contributed by atoms with E-state index in [4.69, 9.17) is 10.1 Å². The van der Waals surface area contributed by atoms with E-state index in [1.807, 2.05) is 50.3 Å². The summed E-state index contributed by atoms with van der Waals surface area (Å²) in [6.07, 6.45) is 4.63. The minimum Gasteiger partial charge on any atom is -0.480 e. The third-order valence-electron chi connectivity index (χ3n) is 11.7. The first kappa shape index (κ1) is 52.6. The highest BCUT2D eigenvalue weighted by molar-refractivity contribution is 6.13. The molecule has 0 aliphatic carbocycles. The lowest BCUT2D eigenvalue weighted by Crippen LogP contribution is -2.56. The summed E-state index contributed by atoms with van der Waals surface area (Å²) in [5, 5.41) is 52.3. The quantitative estimate of drug-likeness (QED) is 0.0976. The Bertz CT molecular complexity index is 2250. The number of amides is 5. The van der Waals surface area contributed by atoms with Gasteiger partial charge in [-0.3, -0.25) is 29.4 Å². The molecule has 2 aliphatic rings. The molecule has 3 unspecified atom stereocenters. The number of rotatable bonds is 14. The van der Waals surface area contributed by atoms with E-state index in [-0.39, 0.29) is 48.8 Å². The zero-order chi connectivity index (χ0) is 49.4. The molecule has 0 aromatic heterocycles. The average molecular weight is 927 g/mol. The van der Waals surface area contributed by atoms with E-state index in [1.54, 1.807) is 49.6 Å². The van der Waals surface area contributed by atoms with E-state index in [1.165, 1.54) is 31.7 Å². The van der Waals surface area contributed by atoms with E-state index in [9.17, 15) is 48.9 Å². The molecule has 4 rings (SSSR count). The summed E-state index contributed by atoms with van der Waals surface area (Å²) in [5.74, 6) is -10.4. The zero-order valence-corrected chi connectivity index (χ0v) is 38.5. The second kappa shape index (κ2) is 25.1. The van der Waals surface area contributed by atoms with Crippen LogP contribution < -0.4 is 26.6 Å². The van der Waals surface area contributed by atoms with Crippen LogP contribution in [0.4, 0.5) is 0 Å². The summed E-state index contributed by atoms with van der Waals surface area (Å²) in [6.45, 7) is 7.90. The van der Waals surface area contributed by atoms with Crippen molar-refractivity contribution in [2.75, 3.05) is 13.7 Å². The molecule has 1 saturated heterocycles. The predicted molar refractivity (Wildman–Crippen MR) is 248 cm³/mol. The molecule has 9 atom stereocenters. The molecule has 2 heterocycles. The van der Waals surface area contributed by atoms with Crippen molar-refractivity contribution in [3.8, 4) is 0 Å². The number of nitrogens with zero attached hydrogens (tertiary/aromatic N) is 2. The number of guanidine groups is 1. The number of allylic oxidation sites excluding steroid dienone is 3. The minimum absolute atomic E-state index is 0.00563. The lowest BCUT2D eigenvalue weighted by Gasteiger charge is -2.28. The third kappa shape index (κ3) is 15.0. The van der Waals surface area contributed by atoms with Crippen LogP contribution >= 0.6 is 0 Å². The third-order valence-corrected chi connectivity index (χ3v) is 11.7. The summed E-state index contributed by atoms with van der Waals surface area (Å²) >= 11 is 0. The van der Waals surface area contributed by atoms with Gasteiger partial charge in [0.1, 0.15) is 29.5 Å². The van der Waals surface area contributed by atoms with Crippen molar-refractivity contribution >= 4 is 53.1 Å². The minimum atomic E-state index is -1.85. The van der Waals surface area contributed by atoms with Gasteiger partial charge in [0.15, 0.2) is 6.23 Å². The molecular weight excluding hydrogens is 865 g/mol.